The number of carbonyl (C=O) groups excluding carboxylic acids is 1. The van der Waals surface area contributed by atoms with Gasteiger partial charge in [0.25, 0.3) is 0 Å². The van der Waals surface area contributed by atoms with Gasteiger partial charge in [-0.25, -0.2) is 0 Å². The summed E-state index contributed by atoms with van der Waals surface area (Å²) >= 11 is 5.95. The Balaban J connectivity index is 2.17. The smallest absolute Gasteiger partial charge is 0.158 e. The van der Waals surface area contributed by atoms with E-state index in [2.05, 4.69) is 5.10 Å². The molecule has 5 nitrogen and oxygen atoms in total. The third-order valence-electron chi connectivity index (χ3n) is 3.04. The summed E-state index contributed by atoms with van der Waals surface area (Å²) in [5.74, 6) is 0.514. The van der Waals surface area contributed by atoms with E-state index in [4.69, 9.17) is 22.1 Å². The summed E-state index contributed by atoms with van der Waals surface area (Å²) < 4.78 is 6.84. The zero-order chi connectivity index (χ0) is 14.7. The quantitative estimate of drug-likeness (QED) is 0.914. The molecule has 0 spiro atoms. The van der Waals surface area contributed by atoms with E-state index in [9.17, 15) is 4.79 Å². The first kappa shape index (κ1) is 14.6. The van der Waals surface area contributed by atoms with E-state index in [1.807, 2.05) is 0 Å². The molecule has 1 aromatic heterocycles. The van der Waals surface area contributed by atoms with Crippen LogP contribution in [0.3, 0.4) is 0 Å². The van der Waals surface area contributed by atoms with Gasteiger partial charge in [-0.2, -0.15) is 5.10 Å². The van der Waals surface area contributed by atoms with Crippen molar-refractivity contribution in [1.82, 2.24) is 9.78 Å². The summed E-state index contributed by atoms with van der Waals surface area (Å²) in [4.78, 5) is 12.2. The molecule has 0 saturated carbocycles. The molecule has 0 aliphatic rings. The minimum atomic E-state index is -0.701. The van der Waals surface area contributed by atoms with Crippen molar-refractivity contribution in [1.29, 1.82) is 0 Å². The standard InChI is InChI=1S/C14H16ClN3O2/c1-18-8-10(7-17-18)14(16)12(19)6-9-5-11(15)3-4-13(9)20-2/h3-5,7-8,14H,6,16H2,1-2H3. The molecule has 6 heteroatoms. The molecule has 106 valence electrons. The zero-order valence-corrected chi connectivity index (χ0v) is 12.1. The fraction of sp³-hybridized carbons (Fsp3) is 0.286. The highest BCUT2D eigenvalue weighted by Gasteiger charge is 2.19. The van der Waals surface area contributed by atoms with Gasteiger partial charge in [-0.1, -0.05) is 11.6 Å². The third-order valence-corrected chi connectivity index (χ3v) is 3.27. The number of aryl methyl sites for hydroxylation is 1. The molecule has 20 heavy (non-hydrogen) atoms. The first-order valence-electron chi connectivity index (χ1n) is 6.10. The molecular formula is C14H16ClN3O2. The van der Waals surface area contributed by atoms with E-state index in [1.54, 1.807) is 49.4 Å². The molecule has 1 aromatic carbocycles. The van der Waals surface area contributed by atoms with Gasteiger partial charge in [0.05, 0.1) is 19.3 Å². The lowest BCUT2D eigenvalue weighted by Crippen LogP contribution is -2.23. The molecule has 1 atom stereocenters. The third kappa shape index (κ3) is 3.18. The molecule has 0 aliphatic heterocycles. The molecule has 0 radical (unpaired) electrons. The Hall–Kier alpha value is -1.85. The van der Waals surface area contributed by atoms with Crippen LogP contribution in [0.5, 0.6) is 5.75 Å². The van der Waals surface area contributed by atoms with Gasteiger partial charge in [0, 0.05) is 35.8 Å². The molecule has 1 unspecified atom stereocenters. The number of ether oxygens (including phenoxy) is 1. The van der Waals surface area contributed by atoms with Crippen LogP contribution in [0.15, 0.2) is 30.6 Å². The Morgan fingerprint density at radius 1 is 1.55 bits per heavy atom. The SMILES string of the molecule is COc1ccc(Cl)cc1CC(=O)C(N)c1cnn(C)c1. The van der Waals surface area contributed by atoms with Gasteiger partial charge >= 0.3 is 0 Å². The summed E-state index contributed by atoms with van der Waals surface area (Å²) in [6.07, 6.45) is 3.50. The van der Waals surface area contributed by atoms with Crippen molar-refractivity contribution in [3.8, 4) is 5.75 Å². The molecule has 2 aromatic rings. The lowest BCUT2D eigenvalue weighted by Gasteiger charge is -2.11. The number of aromatic nitrogens is 2. The summed E-state index contributed by atoms with van der Waals surface area (Å²) in [7, 11) is 3.33. The van der Waals surface area contributed by atoms with E-state index in [-0.39, 0.29) is 12.2 Å². The second-order valence-corrected chi connectivity index (χ2v) is 4.96. The van der Waals surface area contributed by atoms with Crippen LogP contribution in [-0.2, 0) is 18.3 Å². The number of nitrogens with zero attached hydrogens (tertiary/aromatic N) is 2. The van der Waals surface area contributed by atoms with E-state index >= 15 is 0 Å². The normalized spacial score (nSPS) is 12.2. The monoisotopic (exact) mass is 293 g/mol. The van der Waals surface area contributed by atoms with Crippen LogP contribution in [0.4, 0.5) is 0 Å². The highest BCUT2D eigenvalue weighted by atomic mass is 35.5. The van der Waals surface area contributed by atoms with Crippen molar-refractivity contribution in [2.75, 3.05) is 7.11 Å². The molecule has 1 heterocycles. The number of halogens is 1. The lowest BCUT2D eigenvalue weighted by atomic mass is 10.00. The van der Waals surface area contributed by atoms with E-state index in [1.165, 1.54) is 0 Å². The van der Waals surface area contributed by atoms with Gasteiger partial charge in [-0.3, -0.25) is 9.48 Å². The van der Waals surface area contributed by atoms with E-state index in [0.717, 1.165) is 5.56 Å². The van der Waals surface area contributed by atoms with Crippen LogP contribution < -0.4 is 10.5 Å². The minimum absolute atomic E-state index is 0.112. The van der Waals surface area contributed by atoms with Crippen LogP contribution in [0.2, 0.25) is 5.02 Å². The van der Waals surface area contributed by atoms with Crippen molar-refractivity contribution < 1.29 is 9.53 Å². The Labute approximate surface area is 122 Å². The summed E-state index contributed by atoms with van der Waals surface area (Å²) in [6.45, 7) is 0. The number of carbonyl (C=O) groups is 1. The molecule has 0 fully saturated rings. The predicted octanol–water partition coefficient (Wildman–Crippen LogP) is 1.89. The van der Waals surface area contributed by atoms with Crippen molar-refractivity contribution in [3.63, 3.8) is 0 Å². The topological polar surface area (TPSA) is 70.1 Å². The number of nitrogens with two attached hydrogens (primary N) is 1. The van der Waals surface area contributed by atoms with Crippen LogP contribution in [0.25, 0.3) is 0 Å². The van der Waals surface area contributed by atoms with E-state index in [0.29, 0.717) is 16.3 Å². The largest absolute Gasteiger partial charge is 0.496 e. The van der Waals surface area contributed by atoms with Gasteiger partial charge in [-0.15, -0.1) is 0 Å². The van der Waals surface area contributed by atoms with Crippen LogP contribution in [-0.4, -0.2) is 22.7 Å². The Kier molecular flexibility index (Phi) is 4.42. The van der Waals surface area contributed by atoms with Crippen molar-refractivity contribution in [2.45, 2.75) is 12.5 Å². The molecule has 0 amide bonds. The lowest BCUT2D eigenvalue weighted by molar-refractivity contribution is -0.119. The van der Waals surface area contributed by atoms with Crippen molar-refractivity contribution in [3.05, 3.63) is 46.7 Å². The fourth-order valence-electron chi connectivity index (χ4n) is 1.97. The number of hydrogen-bond donors (Lipinski definition) is 1. The highest BCUT2D eigenvalue weighted by Crippen LogP contribution is 2.24. The number of hydrogen-bond acceptors (Lipinski definition) is 4. The second-order valence-electron chi connectivity index (χ2n) is 4.52. The van der Waals surface area contributed by atoms with Crippen molar-refractivity contribution >= 4 is 17.4 Å². The minimum Gasteiger partial charge on any atom is -0.496 e. The van der Waals surface area contributed by atoms with Crippen LogP contribution >= 0.6 is 11.6 Å². The highest BCUT2D eigenvalue weighted by molar-refractivity contribution is 6.30. The number of methoxy groups -OCH3 is 1. The van der Waals surface area contributed by atoms with Gasteiger partial charge in [0.15, 0.2) is 5.78 Å². The second kappa shape index (κ2) is 6.07. The number of Topliss-reactive ketones (excluding diaryl/α,β-unsaturated/α-hetero) is 1. The maximum atomic E-state index is 12.2. The predicted molar refractivity (Wildman–Crippen MR) is 76.9 cm³/mol. The summed E-state index contributed by atoms with van der Waals surface area (Å²) in [5.41, 5.74) is 7.37. The Morgan fingerprint density at radius 2 is 2.30 bits per heavy atom. The molecular weight excluding hydrogens is 278 g/mol. The molecule has 2 N–H and O–H groups in total. The number of ketones is 1. The molecule has 2 rings (SSSR count). The molecule has 0 saturated heterocycles. The van der Waals surface area contributed by atoms with E-state index < -0.39 is 6.04 Å². The Bertz CT molecular complexity index is 625. The first-order valence-corrected chi connectivity index (χ1v) is 6.48. The zero-order valence-electron chi connectivity index (χ0n) is 11.3. The van der Waals surface area contributed by atoms with Gasteiger partial charge in [0.1, 0.15) is 5.75 Å². The average molecular weight is 294 g/mol. The number of benzene rings is 1. The maximum Gasteiger partial charge on any atom is 0.158 e. The first-order chi connectivity index (χ1) is 9.51. The molecule has 0 aliphatic carbocycles. The van der Waals surface area contributed by atoms with Gasteiger partial charge in [-0.05, 0) is 18.2 Å². The van der Waals surface area contributed by atoms with Gasteiger partial charge in [0.2, 0.25) is 0 Å². The number of rotatable bonds is 5. The average Bonchev–Trinajstić information content (AvgIpc) is 2.84. The maximum absolute atomic E-state index is 12.2. The van der Waals surface area contributed by atoms with Crippen molar-refractivity contribution in [2.24, 2.45) is 12.8 Å². The van der Waals surface area contributed by atoms with Gasteiger partial charge < -0.3 is 10.5 Å². The Morgan fingerprint density at radius 3 is 2.90 bits per heavy atom. The molecule has 0 bridgehead atoms. The van der Waals surface area contributed by atoms with Crippen LogP contribution in [0, 0.1) is 0 Å². The summed E-state index contributed by atoms with van der Waals surface area (Å²) in [6, 6.07) is 4.47. The summed E-state index contributed by atoms with van der Waals surface area (Å²) in [5, 5.41) is 4.57. The van der Waals surface area contributed by atoms with Crippen LogP contribution in [0.1, 0.15) is 17.2 Å². The fourth-order valence-corrected chi connectivity index (χ4v) is 2.16.